The summed E-state index contributed by atoms with van der Waals surface area (Å²) in [6, 6.07) is 11.9. The van der Waals surface area contributed by atoms with Gasteiger partial charge in [0.2, 0.25) is 10.0 Å². The van der Waals surface area contributed by atoms with Crippen molar-refractivity contribution < 1.29 is 22.7 Å². The second-order valence-electron chi connectivity index (χ2n) is 6.68. The van der Waals surface area contributed by atoms with E-state index < -0.39 is 28.4 Å². The van der Waals surface area contributed by atoms with Crippen LogP contribution in [-0.4, -0.2) is 45.9 Å². The van der Waals surface area contributed by atoms with Gasteiger partial charge in [0, 0.05) is 0 Å². The van der Waals surface area contributed by atoms with Gasteiger partial charge in [-0.05, 0) is 55.3 Å². The van der Waals surface area contributed by atoms with Gasteiger partial charge in [0.05, 0.1) is 18.2 Å². The predicted octanol–water partition coefficient (Wildman–Crippen LogP) is 1.08. The Morgan fingerprint density at radius 2 is 1.83 bits per heavy atom. The first-order valence-electron chi connectivity index (χ1n) is 8.94. The number of sulfonamides is 1. The normalized spacial score (nSPS) is 11.3. The number of nitrogens with zero attached hydrogens (tertiary/aromatic N) is 2. The molecule has 0 fully saturated rings. The molecule has 0 spiro atoms. The highest BCUT2D eigenvalue weighted by molar-refractivity contribution is 7.92. The minimum Gasteiger partial charge on any atom is -0.484 e. The Morgan fingerprint density at radius 3 is 2.40 bits per heavy atom. The van der Waals surface area contributed by atoms with Crippen molar-refractivity contribution >= 4 is 33.7 Å². The Kier molecular flexibility index (Phi) is 7.54. The van der Waals surface area contributed by atoms with Gasteiger partial charge in [0.25, 0.3) is 11.8 Å². The smallest absolute Gasteiger partial charge is 0.260 e. The van der Waals surface area contributed by atoms with Crippen LogP contribution in [0.5, 0.6) is 5.75 Å². The Labute approximate surface area is 175 Å². The number of anilines is 1. The fourth-order valence-corrected chi connectivity index (χ4v) is 3.53. The quantitative estimate of drug-likeness (QED) is 0.452. The van der Waals surface area contributed by atoms with Crippen LogP contribution in [0.4, 0.5) is 5.69 Å². The maximum atomic E-state index is 12.3. The average molecular weight is 433 g/mol. The number of amides is 2. The van der Waals surface area contributed by atoms with Crippen molar-refractivity contribution in [3.63, 3.8) is 0 Å². The lowest BCUT2D eigenvalue weighted by atomic mass is 10.1. The van der Waals surface area contributed by atoms with Gasteiger partial charge >= 0.3 is 0 Å². The first-order valence-corrected chi connectivity index (χ1v) is 10.8. The lowest BCUT2D eigenvalue weighted by Crippen LogP contribution is -2.39. The summed E-state index contributed by atoms with van der Waals surface area (Å²) >= 11 is 0. The molecular formula is C20H24N4O5S. The molecule has 10 heteroatoms. The van der Waals surface area contributed by atoms with E-state index >= 15 is 0 Å². The predicted molar refractivity (Wildman–Crippen MR) is 115 cm³/mol. The number of carbonyl (C=O) groups excluding carboxylic acids is 2. The van der Waals surface area contributed by atoms with Gasteiger partial charge in [-0.2, -0.15) is 5.10 Å². The van der Waals surface area contributed by atoms with Crippen molar-refractivity contribution in [3.8, 4) is 5.75 Å². The number of hydrogen-bond acceptors (Lipinski definition) is 6. The van der Waals surface area contributed by atoms with Gasteiger partial charge in [0.1, 0.15) is 12.3 Å². The highest BCUT2D eigenvalue weighted by atomic mass is 32.2. The second kappa shape index (κ2) is 9.88. The van der Waals surface area contributed by atoms with E-state index in [1.165, 1.54) is 6.21 Å². The standard InChI is InChI=1S/C20H24N4O5S/c1-14-4-9-18(15(2)10-14)24(30(3,27)28)12-20(26)23-22-11-16-5-7-17(8-6-16)29-13-19(21)25/h4-11H,12-13H2,1-3H3,(H2,21,25)(H,23,26)/b22-11-. The average Bonchev–Trinajstić information content (AvgIpc) is 2.65. The van der Waals surface area contributed by atoms with Crippen LogP contribution in [-0.2, 0) is 19.6 Å². The van der Waals surface area contributed by atoms with E-state index in [-0.39, 0.29) is 6.61 Å². The van der Waals surface area contributed by atoms with Gasteiger partial charge in [-0.1, -0.05) is 17.7 Å². The lowest BCUT2D eigenvalue weighted by molar-refractivity contribution is -0.120. The van der Waals surface area contributed by atoms with Crippen LogP contribution in [0.2, 0.25) is 0 Å². The fourth-order valence-electron chi connectivity index (χ4n) is 2.62. The molecule has 30 heavy (non-hydrogen) atoms. The zero-order valence-electron chi connectivity index (χ0n) is 17.0. The van der Waals surface area contributed by atoms with Crippen LogP contribution < -0.4 is 20.2 Å². The zero-order chi connectivity index (χ0) is 22.3. The molecule has 0 radical (unpaired) electrons. The van der Waals surface area contributed by atoms with Gasteiger partial charge in [-0.15, -0.1) is 0 Å². The topological polar surface area (TPSA) is 131 Å². The lowest BCUT2D eigenvalue weighted by Gasteiger charge is -2.23. The van der Waals surface area contributed by atoms with Crippen LogP contribution in [0.3, 0.4) is 0 Å². The maximum Gasteiger partial charge on any atom is 0.260 e. The molecule has 9 nitrogen and oxygen atoms in total. The summed E-state index contributed by atoms with van der Waals surface area (Å²) in [6.07, 6.45) is 2.45. The van der Waals surface area contributed by atoms with Crippen LogP contribution in [0.25, 0.3) is 0 Å². The number of benzene rings is 2. The molecule has 2 amide bonds. The van der Waals surface area contributed by atoms with Gasteiger partial charge in [-0.3, -0.25) is 13.9 Å². The molecule has 0 atom stereocenters. The molecule has 2 rings (SSSR count). The van der Waals surface area contributed by atoms with Crippen molar-refractivity contribution in [2.75, 3.05) is 23.7 Å². The summed E-state index contributed by atoms with van der Waals surface area (Å²) in [7, 11) is -3.67. The molecule has 0 aliphatic carbocycles. The SMILES string of the molecule is Cc1ccc(N(CC(=O)N/N=C\c2ccc(OCC(N)=O)cc2)S(C)(=O)=O)c(C)c1. The zero-order valence-corrected chi connectivity index (χ0v) is 17.8. The van der Waals surface area contributed by atoms with Crippen molar-refractivity contribution in [2.45, 2.75) is 13.8 Å². The third-order valence-corrected chi connectivity index (χ3v) is 5.10. The molecule has 0 saturated heterocycles. The number of carbonyl (C=O) groups is 2. The highest BCUT2D eigenvalue weighted by Gasteiger charge is 2.22. The molecule has 0 aliphatic rings. The third kappa shape index (κ3) is 6.89. The summed E-state index contributed by atoms with van der Waals surface area (Å²) < 4.78 is 30.6. The Morgan fingerprint density at radius 1 is 1.17 bits per heavy atom. The Balaban J connectivity index is 2.01. The van der Waals surface area contributed by atoms with Crippen molar-refractivity contribution in [2.24, 2.45) is 10.8 Å². The molecule has 0 aliphatic heterocycles. The third-order valence-electron chi connectivity index (χ3n) is 3.97. The molecule has 3 N–H and O–H groups in total. The van der Waals surface area contributed by atoms with Gasteiger partial charge < -0.3 is 10.5 Å². The number of nitrogens with two attached hydrogens (primary N) is 1. The Bertz CT molecular complexity index is 1050. The first-order chi connectivity index (χ1) is 14.1. The second-order valence-corrected chi connectivity index (χ2v) is 8.58. The van der Waals surface area contributed by atoms with E-state index in [1.807, 2.05) is 13.0 Å². The molecule has 2 aromatic rings. The summed E-state index contributed by atoms with van der Waals surface area (Å²) in [5, 5.41) is 3.85. The summed E-state index contributed by atoms with van der Waals surface area (Å²) in [5.41, 5.74) is 10.2. The highest BCUT2D eigenvalue weighted by Crippen LogP contribution is 2.23. The van der Waals surface area contributed by atoms with E-state index in [0.717, 1.165) is 21.7 Å². The summed E-state index contributed by atoms with van der Waals surface area (Å²) in [5.74, 6) is -0.697. The van der Waals surface area contributed by atoms with Crippen molar-refractivity contribution in [1.82, 2.24) is 5.43 Å². The van der Waals surface area contributed by atoms with Gasteiger partial charge in [0.15, 0.2) is 6.61 Å². The van der Waals surface area contributed by atoms with E-state index in [9.17, 15) is 18.0 Å². The minimum absolute atomic E-state index is 0.221. The molecule has 160 valence electrons. The fraction of sp³-hybridized carbons (Fsp3) is 0.250. The van der Waals surface area contributed by atoms with E-state index in [2.05, 4.69) is 10.5 Å². The maximum absolute atomic E-state index is 12.3. The molecule has 0 aromatic heterocycles. The molecule has 0 saturated carbocycles. The Hall–Kier alpha value is -3.40. The summed E-state index contributed by atoms with van der Waals surface area (Å²) in [6.45, 7) is 3.06. The molecule has 0 heterocycles. The van der Waals surface area contributed by atoms with Crippen molar-refractivity contribution in [1.29, 1.82) is 0 Å². The van der Waals surface area contributed by atoms with Crippen LogP contribution in [0.15, 0.2) is 47.6 Å². The van der Waals surface area contributed by atoms with Crippen LogP contribution in [0, 0.1) is 13.8 Å². The van der Waals surface area contributed by atoms with E-state index in [0.29, 0.717) is 17.0 Å². The number of hydrogen-bond donors (Lipinski definition) is 2. The number of ether oxygens (including phenoxy) is 1. The molecule has 0 unspecified atom stereocenters. The van der Waals surface area contributed by atoms with E-state index in [4.69, 9.17) is 10.5 Å². The first kappa shape index (κ1) is 22.9. The molecule has 0 bridgehead atoms. The number of primary amides is 1. The number of nitrogens with one attached hydrogen (secondary N) is 1. The molecular weight excluding hydrogens is 408 g/mol. The number of hydrazone groups is 1. The number of aryl methyl sites for hydroxylation is 2. The monoisotopic (exact) mass is 432 g/mol. The summed E-state index contributed by atoms with van der Waals surface area (Å²) in [4.78, 5) is 23.0. The minimum atomic E-state index is -3.67. The molecule has 2 aromatic carbocycles. The van der Waals surface area contributed by atoms with Crippen LogP contribution in [0.1, 0.15) is 16.7 Å². The van der Waals surface area contributed by atoms with Crippen LogP contribution >= 0.6 is 0 Å². The van der Waals surface area contributed by atoms with Gasteiger partial charge in [-0.25, -0.2) is 13.8 Å². The van der Waals surface area contributed by atoms with E-state index in [1.54, 1.807) is 43.3 Å². The van der Waals surface area contributed by atoms with Crippen molar-refractivity contribution in [3.05, 3.63) is 59.2 Å². The number of rotatable bonds is 9. The largest absolute Gasteiger partial charge is 0.484 e.